The van der Waals surface area contributed by atoms with Crippen molar-refractivity contribution in [1.29, 1.82) is 0 Å². The summed E-state index contributed by atoms with van der Waals surface area (Å²) in [4.78, 5) is 15.7. The van der Waals surface area contributed by atoms with Crippen molar-refractivity contribution < 1.29 is 14.1 Å². The van der Waals surface area contributed by atoms with Crippen LogP contribution in [0.25, 0.3) is 0 Å². The molecule has 1 amide bonds. The van der Waals surface area contributed by atoms with E-state index in [2.05, 4.69) is 29.9 Å². The fraction of sp³-hybridized carbons (Fsp3) is 0.353. The van der Waals surface area contributed by atoms with Gasteiger partial charge in [0.15, 0.2) is 0 Å². The van der Waals surface area contributed by atoms with Crippen LogP contribution in [0.1, 0.15) is 16.1 Å². The maximum Gasteiger partial charge on any atom is 0.254 e. The highest BCUT2D eigenvalue weighted by Gasteiger charge is 2.24. The Hall–Kier alpha value is -2.14. The number of hydrogen-bond acceptors (Lipinski definition) is 1. The third-order valence-electron chi connectivity index (χ3n) is 4.33. The van der Waals surface area contributed by atoms with Crippen LogP contribution in [0.5, 0.6) is 0 Å². The number of hydrogen-bond donors (Lipinski definition) is 1. The van der Waals surface area contributed by atoms with E-state index in [0.29, 0.717) is 5.56 Å². The minimum Gasteiger partial charge on any atom is -0.350 e. The zero-order valence-electron chi connectivity index (χ0n) is 12.8. The normalized spacial score (nSPS) is 16.0. The highest BCUT2D eigenvalue weighted by atomic mass is 19.1. The topological polar surface area (TPSA) is 29.7 Å². The second-order valence-corrected chi connectivity index (χ2v) is 5.84. The van der Waals surface area contributed by atoms with E-state index in [9.17, 15) is 9.18 Å². The highest BCUT2D eigenvalue weighted by Crippen LogP contribution is 2.07. The highest BCUT2D eigenvalue weighted by molar-refractivity contribution is 5.94. The molecule has 1 aromatic heterocycles. The lowest BCUT2D eigenvalue weighted by Gasteiger charge is -2.32. The minimum absolute atomic E-state index is 0.00193. The molecule has 2 heterocycles. The average molecular weight is 302 g/mol. The third-order valence-corrected chi connectivity index (χ3v) is 4.33. The van der Waals surface area contributed by atoms with Gasteiger partial charge in [0.1, 0.15) is 12.4 Å². The van der Waals surface area contributed by atoms with Crippen molar-refractivity contribution >= 4 is 5.91 Å². The number of carbonyl (C=O) groups excluding carboxylic acids is 1. The number of nitrogens with one attached hydrogen (secondary N) is 1. The standard InChI is InChI=1S/C17H20FN3O/c1-19-8-2-3-16(19)13-20-9-11-21(12-10-20)17(22)14-4-6-15(18)7-5-14/h2-8H,9-13H2,1H3/p+1. The summed E-state index contributed by atoms with van der Waals surface area (Å²) >= 11 is 0. The van der Waals surface area contributed by atoms with Crippen LogP contribution in [-0.2, 0) is 13.6 Å². The van der Waals surface area contributed by atoms with E-state index in [1.54, 1.807) is 12.1 Å². The average Bonchev–Trinajstić information content (AvgIpc) is 2.93. The summed E-state index contributed by atoms with van der Waals surface area (Å²) in [6.07, 6.45) is 2.06. The number of nitrogens with zero attached hydrogens (tertiary/aromatic N) is 2. The molecule has 4 nitrogen and oxygen atoms in total. The van der Waals surface area contributed by atoms with Crippen LogP contribution in [0.15, 0.2) is 42.6 Å². The molecular weight excluding hydrogens is 281 g/mol. The first-order valence-electron chi connectivity index (χ1n) is 7.62. The molecule has 1 aliphatic heterocycles. The number of aromatic nitrogens is 1. The van der Waals surface area contributed by atoms with E-state index < -0.39 is 0 Å². The number of aryl methyl sites for hydroxylation is 1. The molecule has 0 bridgehead atoms. The molecule has 0 saturated carbocycles. The van der Waals surface area contributed by atoms with Gasteiger partial charge >= 0.3 is 0 Å². The van der Waals surface area contributed by atoms with Crippen LogP contribution >= 0.6 is 0 Å². The van der Waals surface area contributed by atoms with Crippen molar-refractivity contribution in [1.82, 2.24) is 9.47 Å². The lowest BCUT2D eigenvalue weighted by molar-refractivity contribution is -0.918. The molecule has 22 heavy (non-hydrogen) atoms. The number of halogens is 1. The molecule has 3 rings (SSSR count). The number of benzene rings is 1. The molecule has 1 fully saturated rings. The molecule has 0 radical (unpaired) electrons. The maximum absolute atomic E-state index is 12.9. The Morgan fingerprint density at radius 1 is 1.18 bits per heavy atom. The van der Waals surface area contributed by atoms with Gasteiger partial charge in [0.25, 0.3) is 5.91 Å². The second kappa shape index (κ2) is 6.32. The lowest BCUT2D eigenvalue weighted by Crippen LogP contribution is -3.13. The quantitative estimate of drug-likeness (QED) is 0.889. The Labute approximate surface area is 129 Å². The Morgan fingerprint density at radius 3 is 2.45 bits per heavy atom. The van der Waals surface area contributed by atoms with Crippen LogP contribution in [-0.4, -0.2) is 41.6 Å². The maximum atomic E-state index is 12.9. The van der Waals surface area contributed by atoms with Gasteiger partial charge in [-0.2, -0.15) is 0 Å². The summed E-state index contributed by atoms with van der Waals surface area (Å²) in [5.74, 6) is -0.314. The van der Waals surface area contributed by atoms with Crippen molar-refractivity contribution in [2.75, 3.05) is 26.2 Å². The summed E-state index contributed by atoms with van der Waals surface area (Å²) < 4.78 is 15.1. The summed E-state index contributed by atoms with van der Waals surface area (Å²) in [6.45, 7) is 4.37. The molecule has 116 valence electrons. The van der Waals surface area contributed by atoms with E-state index in [1.807, 2.05) is 4.90 Å². The van der Waals surface area contributed by atoms with Crippen LogP contribution in [0, 0.1) is 5.82 Å². The zero-order chi connectivity index (χ0) is 15.5. The Bertz CT molecular complexity index is 642. The number of quaternary nitrogens is 1. The van der Waals surface area contributed by atoms with Gasteiger partial charge in [-0.05, 0) is 36.4 Å². The van der Waals surface area contributed by atoms with E-state index in [0.717, 1.165) is 32.7 Å². The fourth-order valence-electron chi connectivity index (χ4n) is 2.91. The smallest absolute Gasteiger partial charge is 0.254 e. The van der Waals surface area contributed by atoms with Crippen molar-refractivity contribution in [3.8, 4) is 0 Å². The van der Waals surface area contributed by atoms with Gasteiger partial charge in [-0.1, -0.05) is 0 Å². The monoisotopic (exact) mass is 302 g/mol. The van der Waals surface area contributed by atoms with Crippen molar-refractivity contribution in [3.63, 3.8) is 0 Å². The largest absolute Gasteiger partial charge is 0.350 e. The molecule has 0 aliphatic carbocycles. The predicted octanol–water partition coefficient (Wildman–Crippen LogP) is 0.705. The molecule has 1 saturated heterocycles. The molecule has 5 heteroatoms. The van der Waals surface area contributed by atoms with Gasteiger partial charge in [-0.3, -0.25) is 4.79 Å². The predicted molar refractivity (Wildman–Crippen MR) is 82.1 cm³/mol. The number of rotatable bonds is 3. The second-order valence-electron chi connectivity index (χ2n) is 5.84. The first kappa shape index (κ1) is 14.8. The number of carbonyl (C=O) groups is 1. The lowest BCUT2D eigenvalue weighted by atomic mass is 10.1. The fourth-order valence-corrected chi connectivity index (χ4v) is 2.91. The van der Waals surface area contributed by atoms with E-state index in [4.69, 9.17) is 0 Å². The number of amides is 1. The van der Waals surface area contributed by atoms with Crippen LogP contribution in [0.2, 0.25) is 0 Å². The van der Waals surface area contributed by atoms with E-state index in [1.165, 1.54) is 22.7 Å². The zero-order valence-corrected chi connectivity index (χ0v) is 12.8. The van der Waals surface area contributed by atoms with Crippen molar-refractivity contribution in [2.45, 2.75) is 6.54 Å². The van der Waals surface area contributed by atoms with E-state index >= 15 is 0 Å². The molecule has 1 N–H and O–H groups in total. The summed E-state index contributed by atoms with van der Waals surface area (Å²) in [6, 6.07) is 9.99. The molecule has 1 aliphatic rings. The first-order valence-corrected chi connectivity index (χ1v) is 7.62. The van der Waals surface area contributed by atoms with Gasteiger partial charge in [-0.15, -0.1) is 0 Å². The Morgan fingerprint density at radius 2 is 1.86 bits per heavy atom. The summed E-state index contributed by atoms with van der Waals surface area (Å²) in [5, 5.41) is 0. The van der Waals surface area contributed by atoms with Gasteiger partial charge in [0.05, 0.1) is 31.9 Å². The van der Waals surface area contributed by atoms with Gasteiger partial charge in [-0.25, -0.2) is 4.39 Å². The molecule has 0 atom stereocenters. The van der Waals surface area contributed by atoms with E-state index in [-0.39, 0.29) is 11.7 Å². The van der Waals surface area contributed by atoms with Gasteiger partial charge in [0, 0.05) is 18.8 Å². The Balaban J connectivity index is 1.56. The molecular formula is C17H21FN3O+. The van der Waals surface area contributed by atoms with Crippen LogP contribution in [0.4, 0.5) is 4.39 Å². The van der Waals surface area contributed by atoms with Crippen molar-refractivity contribution in [2.24, 2.45) is 7.05 Å². The molecule has 1 aromatic carbocycles. The first-order chi connectivity index (χ1) is 10.6. The SMILES string of the molecule is Cn1cccc1C[NH+]1CCN(C(=O)c2ccc(F)cc2)CC1. The summed E-state index contributed by atoms with van der Waals surface area (Å²) in [5.41, 5.74) is 1.88. The van der Waals surface area contributed by atoms with Crippen LogP contribution in [0.3, 0.4) is 0 Å². The molecule has 0 spiro atoms. The molecule has 0 unspecified atom stereocenters. The van der Waals surface area contributed by atoms with Gasteiger partial charge in [0.2, 0.25) is 0 Å². The van der Waals surface area contributed by atoms with Gasteiger partial charge < -0.3 is 14.4 Å². The minimum atomic E-state index is -0.312. The van der Waals surface area contributed by atoms with Crippen LogP contribution < -0.4 is 4.90 Å². The Kier molecular flexibility index (Phi) is 4.24. The third kappa shape index (κ3) is 3.20. The number of piperazine rings is 1. The summed E-state index contributed by atoms with van der Waals surface area (Å²) in [7, 11) is 2.06. The molecule has 2 aromatic rings. The van der Waals surface area contributed by atoms with Crippen molar-refractivity contribution in [3.05, 3.63) is 59.7 Å².